The fraction of sp³-hybridized carbons (Fsp3) is 0.333. The van der Waals surface area contributed by atoms with Crippen molar-refractivity contribution in [2.75, 3.05) is 11.8 Å². The number of aromatic nitrogens is 1. The van der Waals surface area contributed by atoms with Gasteiger partial charge in [-0.2, -0.15) is 8.42 Å². The van der Waals surface area contributed by atoms with E-state index in [1.54, 1.807) is 0 Å². The smallest absolute Gasteiger partial charge is 0.338 e. The summed E-state index contributed by atoms with van der Waals surface area (Å²) in [4.78, 5) is 15.3. The molecular formula is C24H21F3N2O5S2. The molecule has 36 heavy (non-hydrogen) atoms. The van der Waals surface area contributed by atoms with Gasteiger partial charge in [-0.3, -0.25) is 4.72 Å². The van der Waals surface area contributed by atoms with Crippen LogP contribution >= 0.6 is 11.3 Å². The van der Waals surface area contributed by atoms with Crippen molar-refractivity contribution < 1.29 is 36.2 Å². The molecule has 2 aromatic carbocycles. The Morgan fingerprint density at radius 2 is 1.86 bits per heavy atom. The first-order valence-electron chi connectivity index (χ1n) is 11.0. The number of sulfonamides is 1. The van der Waals surface area contributed by atoms with E-state index in [1.807, 2.05) is 24.3 Å². The van der Waals surface area contributed by atoms with E-state index in [2.05, 4.69) is 9.71 Å². The van der Waals surface area contributed by atoms with Crippen molar-refractivity contribution >= 4 is 33.0 Å². The van der Waals surface area contributed by atoms with E-state index in [1.165, 1.54) is 12.5 Å². The van der Waals surface area contributed by atoms with Crippen molar-refractivity contribution in [3.8, 4) is 16.3 Å². The molecule has 2 aliphatic carbocycles. The number of alkyl halides is 2. The zero-order chi connectivity index (χ0) is 25.9. The number of ether oxygens (including phenoxy) is 1. The van der Waals surface area contributed by atoms with E-state index in [9.17, 15) is 26.4 Å². The highest BCUT2D eigenvalue weighted by molar-refractivity contribution is 7.92. The van der Waals surface area contributed by atoms with Crippen LogP contribution in [0.25, 0.3) is 10.6 Å². The van der Waals surface area contributed by atoms with E-state index in [4.69, 9.17) is 9.84 Å². The standard InChI is InChI=1S/C24H21F3N2O5S2/c1-34-19-6-16(22(30)31)17(25)7-18(19)29-36(32,33)20-10-35-21(28-20)14-4-2-13(3-5-14)15-8-23(9-15)11-24(26,27)12-23/h2-7,10,15,29H,8-9,11-12H2,1H3,(H,30,31). The molecule has 1 aromatic heterocycles. The second kappa shape index (κ2) is 8.48. The zero-order valence-corrected chi connectivity index (χ0v) is 20.6. The summed E-state index contributed by atoms with van der Waals surface area (Å²) in [5.74, 6) is -5.07. The van der Waals surface area contributed by atoms with Crippen LogP contribution in [0.4, 0.5) is 18.9 Å². The summed E-state index contributed by atoms with van der Waals surface area (Å²) in [5, 5.41) is 10.5. The number of carboxylic acids is 1. The number of carboxylic acid groups (broad SMARTS) is 1. The Morgan fingerprint density at radius 3 is 2.44 bits per heavy atom. The number of anilines is 1. The highest BCUT2D eigenvalue weighted by atomic mass is 32.2. The summed E-state index contributed by atoms with van der Waals surface area (Å²) in [6.45, 7) is 0. The van der Waals surface area contributed by atoms with Crippen LogP contribution in [0.5, 0.6) is 5.75 Å². The Balaban J connectivity index is 1.30. The lowest BCUT2D eigenvalue weighted by molar-refractivity contribution is -0.196. The second-order valence-electron chi connectivity index (χ2n) is 9.37. The van der Waals surface area contributed by atoms with Gasteiger partial charge in [-0.15, -0.1) is 11.3 Å². The minimum Gasteiger partial charge on any atom is -0.495 e. The molecule has 7 nitrogen and oxygen atoms in total. The lowest BCUT2D eigenvalue weighted by Crippen LogP contribution is -2.52. The molecule has 2 aliphatic rings. The molecule has 0 bridgehead atoms. The van der Waals surface area contributed by atoms with E-state index >= 15 is 0 Å². The maximum Gasteiger partial charge on any atom is 0.338 e. The van der Waals surface area contributed by atoms with Crippen LogP contribution in [0.1, 0.15) is 47.5 Å². The summed E-state index contributed by atoms with van der Waals surface area (Å²) in [6, 6.07) is 9.10. The summed E-state index contributed by atoms with van der Waals surface area (Å²) in [7, 11) is -3.02. The van der Waals surface area contributed by atoms with Crippen molar-refractivity contribution in [3.63, 3.8) is 0 Å². The molecule has 0 amide bonds. The number of hydrogen-bond acceptors (Lipinski definition) is 6. The summed E-state index contributed by atoms with van der Waals surface area (Å²) in [6.07, 6.45) is 1.46. The van der Waals surface area contributed by atoms with Gasteiger partial charge < -0.3 is 9.84 Å². The molecule has 0 aliphatic heterocycles. The molecule has 12 heteroatoms. The minimum absolute atomic E-state index is 0.0266. The Kier molecular flexibility index (Phi) is 5.79. The van der Waals surface area contributed by atoms with Gasteiger partial charge in [0.1, 0.15) is 16.6 Å². The average molecular weight is 539 g/mol. The van der Waals surface area contributed by atoms with E-state index in [0.717, 1.165) is 41.9 Å². The number of methoxy groups -OCH3 is 1. The van der Waals surface area contributed by atoms with Gasteiger partial charge in [0.05, 0.1) is 18.4 Å². The van der Waals surface area contributed by atoms with Crippen LogP contribution in [0.2, 0.25) is 0 Å². The molecule has 0 saturated heterocycles. The third kappa shape index (κ3) is 4.43. The fourth-order valence-corrected chi connectivity index (χ4v) is 7.29. The number of rotatable bonds is 7. The highest BCUT2D eigenvalue weighted by Gasteiger charge is 2.61. The van der Waals surface area contributed by atoms with Crippen LogP contribution in [-0.2, 0) is 10.0 Å². The van der Waals surface area contributed by atoms with Crippen molar-refractivity contribution in [1.29, 1.82) is 0 Å². The molecule has 2 N–H and O–H groups in total. The van der Waals surface area contributed by atoms with Gasteiger partial charge in [0, 0.05) is 29.9 Å². The first kappa shape index (κ1) is 24.6. The zero-order valence-electron chi connectivity index (χ0n) is 18.9. The third-order valence-electron chi connectivity index (χ3n) is 6.78. The predicted octanol–water partition coefficient (Wildman–Crippen LogP) is 5.75. The Bertz CT molecular complexity index is 1440. The number of nitrogens with one attached hydrogen (secondary N) is 1. The third-order valence-corrected chi connectivity index (χ3v) is 9.07. The van der Waals surface area contributed by atoms with E-state index in [-0.39, 0.29) is 40.6 Å². The lowest BCUT2D eigenvalue weighted by Gasteiger charge is -2.57. The van der Waals surface area contributed by atoms with Gasteiger partial charge in [0.15, 0.2) is 5.03 Å². The molecule has 2 saturated carbocycles. The van der Waals surface area contributed by atoms with Crippen LogP contribution in [-0.4, -0.2) is 37.5 Å². The topological polar surface area (TPSA) is 106 Å². The van der Waals surface area contributed by atoms with Crippen molar-refractivity contribution in [3.05, 3.63) is 58.7 Å². The summed E-state index contributed by atoms with van der Waals surface area (Å²) < 4.78 is 73.5. The number of aromatic carboxylic acids is 1. The van der Waals surface area contributed by atoms with Crippen molar-refractivity contribution in [2.45, 2.75) is 42.5 Å². The number of benzene rings is 2. The SMILES string of the molecule is COc1cc(C(=O)O)c(F)cc1NS(=O)(=O)c1csc(-c2ccc(C3CC4(C3)CC(F)(F)C4)cc2)n1. The number of halogens is 3. The molecule has 2 fully saturated rings. The quantitative estimate of drug-likeness (QED) is 0.397. The second-order valence-corrected chi connectivity index (χ2v) is 11.9. The molecule has 0 radical (unpaired) electrons. The van der Waals surface area contributed by atoms with Gasteiger partial charge >= 0.3 is 5.97 Å². The maximum atomic E-state index is 14.1. The van der Waals surface area contributed by atoms with Gasteiger partial charge in [-0.25, -0.2) is 22.9 Å². The largest absolute Gasteiger partial charge is 0.495 e. The number of nitrogens with zero attached hydrogens (tertiary/aromatic N) is 1. The predicted molar refractivity (Wildman–Crippen MR) is 127 cm³/mol. The number of hydrogen-bond donors (Lipinski definition) is 2. The normalized spacial score (nSPS) is 18.3. The van der Waals surface area contributed by atoms with Crippen LogP contribution in [0, 0.1) is 11.2 Å². The van der Waals surface area contributed by atoms with Gasteiger partial charge in [-0.1, -0.05) is 24.3 Å². The first-order valence-corrected chi connectivity index (χ1v) is 13.3. The van der Waals surface area contributed by atoms with Crippen LogP contribution < -0.4 is 9.46 Å². The molecule has 190 valence electrons. The Hall–Kier alpha value is -3.12. The fourth-order valence-electron chi connectivity index (χ4n) is 5.13. The average Bonchev–Trinajstić information content (AvgIpc) is 3.27. The van der Waals surface area contributed by atoms with E-state index in [0.29, 0.717) is 10.6 Å². The molecule has 5 rings (SSSR count). The molecule has 3 aromatic rings. The maximum absolute atomic E-state index is 14.1. The van der Waals surface area contributed by atoms with Crippen molar-refractivity contribution in [2.24, 2.45) is 5.41 Å². The lowest BCUT2D eigenvalue weighted by atomic mass is 9.49. The number of carbonyl (C=O) groups is 1. The Morgan fingerprint density at radius 1 is 1.19 bits per heavy atom. The summed E-state index contributed by atoms with van der Waals surface area (Å²) in [5.41, 5.74) is 0.629. The molecule has 1 spiro atoms. The minimum atomic E-state index is -4.22. The monoisotopic (exact) mass is 538 g/mol. The molecule has 0 atom stereocenters. The van der Waals surface area contributed by atoms with Crippen LogP contribution in [0.15, 0.2) is 46.8 Å². The van der Waals surface area contributed by atoms with E-state index < -0.39 is 33.3 Å². The number of thiazole rings is 1. The van der Waals surface area contributed by atoms with Gasteiger partial charge in [0.2, 0.25) is 5.92 Å². The van der Waals surface area contributed by atoms with Crippen LogP contribution in [0.3, 0.4) is 0 Å². The summed E-state index contributed by atoms with van der Waals surface area (Å²) >= 11 is 1.11. The van der Waals surface area contributed by atoms with Crippen molar-refractivity contribution in [1.82, 2.24) is 4.98 Å². The Labute approximate surface area is 209 Å². The highest BCUT2D eigenvalue weighted by Crippen LogP contribution is 2.66. The molecule has 0 unspecified atom stereocenters. The first-order chi connectivity index (χ1) is 16.9. The molecule has 1 heterocycles. The molecular weight excluding hydrogens is 517 g/mol. The van der Waals surface area contributed by atoms with Gasteiger partial charge in [0.25, 0.3) is 10.0 Å². The van der Waals surface area contributed by atoms with Gasteiger partial charge in [-0.05, 0) is 35.8 Å².